The summed E-state index contributed by atoms with van der Waals surface area (Å²) in [6, 6.07) is 0. The Hall–Kier alpha value is -1.32. The van der Waals surface area contributed by atoms with Crippen molar-refractivity contribution < 1.29 is 9.21 Å². The van der Waals surface area contributed by atoms with E-state index >= 15 is 0 Å². The molecule has 0 aliphatic carbocycles. The number of aromatic nitrogens is 1. The van der Waals surface area contributed by atoms with E-state index in [0.717, 1.165) is 38.2 Å². The van der Waals surface area contributed by atoms with Gasteiger partial charge >= 0.3 is 0 Å². The third-order valence-corrected chi connectivity index (χ3v) is 4.51. The van der Waals surface area contributed by atoms with Crippen LogP contribution < -0.4 is 0 Å². The van der Waals surface area contributed by atoms with Gasteiger partial charge in [0.1, 0.15) is 6.26 Å². The average molecular weight is 292 g/mol. The van der Waals surface area contributed by atoms with E-state index < -0.39 is 0 Å². The minimum absolute atomic E-state index is 0.0689. The van der Waals surface area contributed by atoms with Crippen molar-refractivity contribution in [3.05, 3.63) is 18.4 Å². The van der Waals surface area contributed by atoms with E-state index in [-0.39, 0.29) is 16.7 Å². The molecule has 118 valence electrons. The van der Waals surface area contributed by atoms with Crippen molar-refractivity contribution in [1.82, 2.24) is 9.88 Å². The summed E-state index contributed by atoms with van der Waals surface area (Å²) in [5.74, 6) is 1.28. The molecule has 1 aromatic rings. The Kier molecular flexibility index (Phi) is 4.45. The van der Waals surface area contributed by atoms with Gasteiger partial charge in [0, 0.05) is 25.4 Å². The minimum atomic E-state index is 0.0689. The molecule has 2 heterocycles. The lowest BCUT2D eigenvalue weighted by molar-refractivity contribution is -0.133. The lowest BCUT2D eigenvalue weighted by atomic mass is 9.80. The molecule has 0 saturated carbocycles. The lowest BCUT2D eigenvalue weighted by Gasteiger charge is -2.28. The topological polar surface area (TPSA) is 46.3 Å². The summed E-state index contributed by atoms with van der Waals surface area (Å²) < 4.78 is 5.33. The molecular formula is C17H28N2O2. The van der Waals surface area contributed by atoms with Gasteiger partial charge in [-0.25, -0.2) is 4.98 Å². The fourth-order valence-electron chi connectivity index (χ4n) is 3.04. The molecule has 1 fully saturated rings. The van der Waals surface area contributed by atoms with Gasteiger partial charge in [-0.3, -0.25) is 4.79 Å². The van der Waals surface area contributed by atoms with E-state index in [4.69, 9.17) is 4.42 Å². The van der Waals surface area contributed by atoms with Crippen LogP contribution in [0.15, 0.2) is 16.9 Å². The first-order valence-electron chi connectivity index (χ1n) is 7.86. The highest BCUT2D eigenvalue weighted by molar-refractivity contribution is 5.81. The third-order valence-electron chi connectivity index (χ3n) is 4.51. The number of carbonyl (C=O) groups is 1. The minimum Gasteiger partial charge on any atom is -0.449 e. The summed E-state index contributed by atoms with van der Waals surface area (Å²) in [6.45, 7) is 12.6. The van der Waals surface area contributed by atoms with Gasteiger partial charge in [-0.15, -0.1) is 0 Å². The number of amides is 1. The number of nitrogens with zero attached hydrogens (tertiary/aromatic N) is 2. The van der Waals surface area contributed by atoms with Crippen LogP contribution in [0.1, 0.15) is 53.4 Å². The SMILES string of the molecule is CC(C)(CCN1CCC(C(C)(C)C)C1=O)Cc1ncco1. The molecule has 4 nitrogen and oxygen atoms in total. The number of hydrogen-bond acceptors (Lipinski definition) is 3. The number of likely N-dealkylation sites (tertiary alicyclic amines) is 1. The van der Waals surface area contributed by atoms with Crippen LogP contribution in [0.4, 0.5) is 0 Å². The van der Waals surface area contributed by atoms with Gasteiger partial charge < -0.3 is 9.32 Å². The van der Waals surface area contributed by atoms with E-state index in [9.17, 15) is 4.79 Å². The first-order chi connectivity index (χ1) is 9.69. The number of hydrogen-bond donors (Lipinski definition) is 0. The van der Waals surface area contributed by atoms with Crippen LogP contribution in [0.2, 0.25) is 0 Å². The number of rotatable bonds is 5. The zero-order chi connectivity index (χ0) is 15.7. The van der Waals surface area contributed by atoms with Gasteiger partial charge in [-0.2, -0.15) is 0 Å². The maximum absolute atomic E-state index is 12.5. The third kappa shape index (κ3) is 4.08. The fraction of sp³-hybridized carbons (Fsp3) is 0.765. The summed E-state index contributed by atoms with van der Waals surface area (Å²) in [6.07, 6.45) is 6.07. The van der Waals surface area contributed by atoms with Crippen LogP contribution in [0, 0.1) is 16.7 Å². The van der Waals surface area contributed by atoms with E-state index in [1.54, 1.807) is 12.5 Å². The Morgan fingerprint density at radius 1 is 1.33 bits per heavy atom. The van der Waals surface area contributed by atoms with Crippen molar-refractivity contribution in [2.45, 2.75) is 53.9 Å². The molecule has 1 aromatic heterocycles. The Labute approximate surface area is 127 Å². The predicted molar refractivity (Wildman–Crippen MR) is 82.7 cm³/mol. The number of carbonyl (C=O) groups excluding carboxylic acids is 1. The normalized spacial score (nSPS) is 20.3. The van der Waals surface area contributed by atoms with E-state index in [1.165, 1.54) is 0 Å². The van der Waals surface area contributed by atoms with Crippen LogP contribution >= 0.6 is 0 Å². The molecule has 1 aliphatic heterocycles. The molecule has 1 amide bonds. The van der Waals surface area contributed by atoms with Gasteiger partial charge in [0.05, 0.1) is 6.20 Å². The molecule has 1 atom stereocenters. The van der Waals surface area contributed by atoms with Crippen LogP contribution in [-0.2, 0) is 11.2 Å². The quantitative estimate of drug-likeness (QED) is 0.834. The van der Waals surface area contributed by atoms with Gasteiger partial charge in [0.25, 0.3) is 0 Å². The zero-order valence-electron chi connectivity index (χ0n) is 14.0. The molecule has 1 unspecified atom stereocenters. The molecule has 0 radical (unpaired) electrons. The van der Waals surface area contributed by atoms with Crippen molar-refractivity contribution in [2.75, 3.05) is 13.1 Å². The van der Waals surface area contributed by atoms with Crippen molar-refractivity contribution in [2.24, 2.45) is 16.7 Å². The average Bonchev–Trinajstić information content (AvgIpc) is 2.95. The highest BCUT2D eigenvalue weighted by Crippen LogP contribution is 2.35. The van der Waals surface area contributed by atoms with Gasteiger partial charge in [-0.1, -0.05) is 34.6 Å². The van der Waals surface area contributed by atoms with E-state index in [1.807, 2.05) is 4.90 Å². The second-order valence-electron chi connectivity index (χ2n) is 8.05. The van der Waals surface area contributed by atoms with E-state index in [2.05, 4.69) is 39.6 Å². The zero-order valence-corrected chi connectivity index (χ0v) is 14.0. The molecule has 1 saturated heterocycles. The molecule has 2 rings (SSSR count). The maximum Gasteiger partial charge on any atom is 0.226 e. The molecule has 0 aromatic carbocycles. The largest absolute Gasteiger partial charge is 0.449 e. The summed E-state index contributed by atoms with van der Waals surface area (Å²) in [7, 11) is 0. The van der Waals surface area contributed by atoms with Gasteiger partial charge in [0.2, 0.25) is 5.91 Å². The standard InChI is InChI=1S/C17H28N2O2/c1-16(2,3)13-6-9-19(15(13)20)10-7-17(4,5)12-14-18-8-11-21-14/h8,11,13H,6-7,9-10,12H2,1-5H3. The van der Waals surface area contributed by atoms with Gasteiger partial charge in [0.15, 0.2) is 5.89 Å². The Morgan fingerprint density at radius 2 is 2.05 bits per heavy atom. The summed E-state index contributed by atoms with van der Waals surface area (Å²) >= 11 is 0. The van der Waals surface area contributed by atoms with Crippen molar-refractivity contribution in [3.63, 3.8) is 0 Å². The molecule has 1 aliphatic rings. The smallest absolute Gasteiger partial charge is 0.226 e. The molecule has 21 heavy (non-hydrogen) atoms. The summed E-state index contributed by atoms with van der Waals surface area (Å²) in [5.41, 5.74) is 0.157. The highest BCUT2D eigenvalue weighted by atomic mass is 16.3. The van der Waals surface area contributed by atoms with Crippen molar-refractivity contribution >= 4 is 5.91 Å². The molecular weight excluding hydrogens is 264 g/mol. The lowest BCUT2D eigenvalue weighted by Crippen LogP contribution is -2.35. The van der Waals surface area contributed by atoms with Crippen LogP contribution in [-0.4, -0.2) is 28.9 Å². The second kappa shape index (κ2) is 5.82. The highest BCUT2D eigenvalue weighted by Gasteiger charge is 2.39. The first-order valence-corrected chi connectivity index (χ1v) is 7.86. The number of oxazole rings is 1. The molecule has 0 N–H and O–H groups in total. The maximum atomic E-state index is 12.5. The van der Waals surface area contributed by atoms with Crippen molar-refractivity contribution in [3.8, 4) is 0 Å². The second-order valence-corrected chi connectivity index (χ2v) is 8.05. The molecule has 0 bridgehead atoms. The van der Waals surface area contributed by atoms with Gasteiger partial charge in [-0.05, 0) is 23.7 Å². The first kappa shape index (κ1) is 16.1. The molecule has 4 heteroatoms. The van der Waals surface area contributed by atoms with Crippen LogP contribution in [0.5, 0.6) is 0 Å². The Balaban J connectivity index is 1.87. The van der Waals surface area contributed by atoms with Crippen LogP contribution in [0.25, 0.3) is 0 Å². The summed E-state index contributed by atoms with van der Waals surface area (Å²) in [4.78, 5) is 18.7. The van der Waals surface area contributed by atoms with Crippen LogP contribution in [0.3, 0.4) is 0 Å². The monoisotopic (exact) mass is 292 g/mol. The molecule has 0 spiro atoms. The Morgan fingerprint density at radius 3 is 2.57 bits per heavy atom. The fourth-order valence-corrected chi connectivity index (χ4v) is 3.04. The predicted octanol–water partition coefficient (Wildman–Crippen LogP) is 3.53. The van der Waals surface area contributed by atoms with Crippen molar-refractivity contribution in [1.29, 1.82) is 0 Å². The van der Waals surface area contributed by atoms with E-state index in [0.29, 0.717) is 5.91 Å². The Bertz CT molecular complexity index is 471. The summed E-state index contributed by atoms with van der Waals surface area (Å²) in [5, 5.41) is 0.